The third-order valence-corrected chi connectivity index (χ3v) is 7.95. The van der Waals surface area contributed by atoms with Crippen molar-refractivity contribution in [1.29, 1.82) is 0 Å². The fourth-order valence-corrected chi connectivity index (χ4v) is 5.86. The molecule has 1 aromatic heterocycles. The standard InChI is InChI=1S/C20H17F3N4O3S2/c21-13-4-1-5-15(9-13)24-18(28)20-26-25-19(31-20)12-3-2-8-27(11-12)32(29,30)17-7-6-14(22)10-16(17)23/h1,4-7,9-10,12H,2-3,8,11H2,(H,24,28)/t12-/m0/s1. The van der Waals surface area contributed by atoms with Crippen molar-refractivity contribution in [2.24, 2.45) is 0 Å². The highest BCUT2D eigenvalue weighted by Crippen LogP contribution is 2.32. The molecule has 1 aliphatic rings. The zero-order chi connectivity index (χ0) is 22.9. The number of carbonyl (C=O) groups excluding carboxylic acids is 1. The zero-order valence-electron chi connectivity index (χ0n) is 16.5. The Hall–Kier alpha value is -2.83. The van der Waals surface area contributed by atoms with Crippen LogP contribution >= 0.6 is 11.3 Å². The molecule has 3 aromatic rings. The Labute approximate surface area is 186 Å². The number of rotatable bonds is 5. The molecule has 1 atom stereocenters. The number of sulfonamides is 1. The molecule has 2 aromatic carbocycles. The molecule has 0 saturated carbocycles. The summed E-state index contributed by atoms with van der Waals surface area (Å²) in [4.78, 5) is 11.8. The van der Waals surface area contributed by atoms with E-state index in [9.17, 15) is 26.4 Å². The second kappa shape index (κ2) is 8.96. The van der Waals surface area contributed by atoms with Gasteiger partial charge >= 0.3 is 0 Å². The first-order valence-electron chi connectivity index (χ1n) is 9.59. The van der Waals surface area contributed by atoms with Gasteiger partial charge in [-0.1, -0.05) is 17.4 Å². The first-order valence-corrected chi connectivity index (χ1v) is 11.9. The second-order valence-electron chi connectivity index (χ2n) is 7.19. The molecule has 1 fully saturated rings. The minimum absolute atomic E-state index is 0.0271. The lowest BCUT2D eigenvalue weighted by atomic mass is 10.0. The predicted octanol–water partition coefficient (Wildman–Crippen LogP) is 3.78. The van der Waals surface area contributed by atoms with Crippen molar-refractivity contribution in [2.45, 2.75) is 23.7 Å². The molecule has 1 amide bonds. The molecule has 12 heteroatoms. The highest BCUT2D eigenvalue weighted by atomic mass is 32.2. The summed E-state index contributed by atoms with van der Waals surface area (Å²) in [5, 5.41) is 10.9. The summed E-state index contributed by atoms with van der Waals surface area (Å²) >= 11 is 1.01. The van der Waals surface area contributed by atoms with E-state index in [0.717, 1.165) is 33.8 Å². The highest BCUT2D eigenvalue weighted by Gasteiger charge is 2.34. The van der Waals surface area contributed by atoms with Crippen LogP contribution in [-0.4, -0.2) is 41.9 Å². The van der Waals surface area contributed by atoms with Crippen LogP contribution < -0.4 is 5.32 Å². The summed E-state index contributed by atoms with van der Waals surface area (Å²) in [7, 11) is -4.17. The summed E-state index contributed by atoms with van der Waals surface area (Å²) < 4.78 is 67.4. The lowest BCUT2D eigenvalue weighted by Gasteiger charge is -2.30. The van der Waals surface area contributed by atoms with Crippen molar-refractivity contribution in [2.75, 3.05) is 18.4 Å². The van der Waals surface area contributed by atoms with E-state index in [0.29, 0.717) is 23.9 Å². The van der Waals surface area contributed by atoms with E-state index in [-0.39, 0.29) is 29.7 Å². The lowest BCUT2D eigenvalue weighted by Crippen LogP contribution is -2.39. The van der Waals surface area contributed by atoms with E-state index >= 15 is 0 Å². The van der Waals surface area contributed by atoms with Crippen LogP contribution in [0.25, 0.3) is 0 Å². The van der Waals surface area contributed by atoms with Crippen LogP contribution in [0.4, 0.5) is 18.9 Å². The number of carbonyl (C=O) groups is 1. The molecular weight excluding hydrogens is 465 g/mol. The minimum atomic E-state index is -4.17. The Morgan fingerprint density at radius 1 is 1.09 bits per heavy atom. The third kappa shape index (κ3) is 4.66. The van der Waals surface area contributed by atoms with E-state index in [2.05, 4.69) is 15.5 Å². The van der Waals surface area contributed by atoms with Crippen LogP contribution in [0.15, 0.2) is 47.4 Å². The molecule has 0 radical (unpaired) electrons. The van der Waals surface area contributed by atoms with E-state index in [4.69, 9.17) is 0 Å². The lowest BCUT2D eigenvalue weighted by molar-refractivity contribution is 0.102. The molecule has 32 heavy (non-hydrogen) atoms. The molecule has 7 nitrogen and oxygen atoms in total. The number of aromatic nitrogens is 2. The molecule has 4 rings (SSSR count). The molecule has 168 valence electrons. The molecule has 1 aliphatic heterocycles. The number of benzene rings is 2. The first kappa shape index (κ1) is 22.4. The Kier molecular flexibility index (Phi) is 6.26. The maximum absolute atomic E-state index is 14.1. The number of piperidine rings is 1. The minimum Gasteiger partial charge on any atom is -0.320 e. The highest BCUT2D eigenvalue weighted by molar-refractivity contribution is 7.89. The SMILES string of the molecule is O=C(Nc1cccc(F)c1)c1nnc([C@H]2CCCN(S(=O)(=O)c3ccc(F)cc3F)C2)s1. The van der Waals surface area contributed by atoms with Gasteiger partial charge in [-0.15, -0.1) is 10.2 Å². The van der Waals surface area contributed by atoms with Crippen molar-refractivity contribution in [3.05, 3.63) is 69.9 Å². The largest absolute Gasteiger partial charge is 0.320 e. The van der Waals surface area contributed by atoms with Crippen LogP contribution in [-0.2, 0) is 10.0 Å². The van der Waals surface area contributed by atoms with Gasteiger partial charge in [0.1, 0.15) is 27.4 Å². The van der Waals surface area contributed by atoms with E-state index in [1.54, 1.807) is 0 Å². The number of hydrogen-bond acceptors (Lipinski definition) is 6. The van der Waals surface area contributed by atoms with Crippen LogP contribution in [0.3, 0.4) is 0 Å². The average Bonchev–Trinajstić information content (AvgIpc) is 3.24. The normalized spacial score (nSPS) is 17.3. The van der Waals surface area contributed by atoms with Crippen molar-refractivity contribution < 1.29 is 26.4 Å². The fraction of sp³-hybridized carbons (Fsp3) is 0.250. The second-order valence-corrected chi connectivity index (χ2v) is 10.1. The van der Waals surface area contributed by atoms with Gasteiger partial charge < -0.3 is 5.32 Å². The van der Waals surface area contributed by atoms with Crippen molar-refractivity contribution in [3.63, 3.8) is 0 Å². The van der Waals surface area contributed by atoms with Crippen LogP contribution in [0.5, 0.6) is 0 Å². The smallest absolute Gasteiger partial charge is 0.286 e. The predicted molar refractivity (Wildman–Crippen MR) is 111 cm³/mol. The summed E-state index contributed by atoms with van der Waals surface area (Å²) in [6.07, 6.45) is 1.11. The average molecular weight is 483 g/mol. The van der Waals surface area contributed by atoms with Gasteiger partial charge in [0.05, 0.1) is 0 Å². The molecule has 0 unspecified atom stereocenters. The monoisotopic (exact) mass is 482 g/mol. The zero-order valence-corrected chi connectivity index (χ0v) is 18.1. The number of nitrogens with one attached hydrogen (secondary N) is 1. The summed E-state index contributed by atoms with van der Waals surface area (Å²) in [6.45, 7) is 0.209. The number of amides is 1. The number of nitrogens with zero attached hydrogens (tertiary/aromatic N) is 3. The van der Waals surface area contributed by atoms with Gasteiger partial charge in [0.25, 0.3) is 5.91 Å². The van der Waals surface area contributed by atoms with E-state index in [1.807, 2.05) is 0 Å². The first-order chi connectivity index (χ1) is 15.2. The Morgan fingerprint density at radius 2 is 1.88 bits per heavy atom. The number of anilines is 1. The summed E-state index contributed by atoms with van der Waals surface area (Å²) in [5.41, 5.74) is 0.267. The van der Waals surface area contributed by atoms with Crippen molar-refractivity contribution >= 4 is 33.0 Å². The number of halogens is 3. The molecule has 0 aliphatic carbocycles. The van der Waals surface area contributed by atoms with Gasteiger partial charge in [0.15, 0.2) is 0 Å². The van der Waals surface area contributed by atoms with Gasteiger partial charge in [-0.2, -0.15) is 4.31 Å². The van der Waals surface area contributed by atoms with E-state index in [1.165, 1.54) is 18.2 Å². The molecule has 1 N–H and O–H groups in total. The Morgan fingerprint density at radius 3 is 2.62 bits per heavy atom. The van der Waals surface area contributed by atoms with Crippen LogP contribution in [0.1, 0.15) is 33.6 Å². The quantitative estimate of drug-likeness (QED) is 0.598. The summed E-state index contributed by atoms with van der Waals surface area (Å²) in [5.74, 6) is -3.42. The van der Waals surface area contributed by atoms with Crippen molar-refractivity contribution in [3.8, 4) is 0 Å². The number of hydrogen-bond donors (Lipinski definition) is 1. The van der Waals surface area contributed by atoms with Gasteiger partial charge in [0.2, 0.25) is 15.0 Å². The molecule has 2 heterocycles. The molecule has 0 bridgehead atoms. The maximum Gasteiger partial charge on any atom is 0.286 e. The molecular formula is C20H17F3N4O3S2. The van der Waals surface area contributed by atoms with Crippen molar-refractivity contribution in [1.82, 2.24) is 14.5 Å². The Bertz CT molecular complexity index is 1270. The Balaban J connectivity index is 1.49. The summed E-state index contributed by atoms with van der Waals surface area (Å²) in [6, 6.07) is 7.73. The maximum atomic E-state index is 14.1. The molecule has 0 spiro atoms. The van der Waals surface area contributed by atoms with E-state index < -0.39 is 38.3 Å². The van der Waals surface area contributed by atoms with Gasteiger partial charge in [-0.3, -0.25) is 4.79 Å². The van der Waals surface area contributed by atoms with Crippen LogP contribution in [0, 0.1) is 17.5 Å². The van der Waals surface area contributed by atoms with Gasteiger partial charge in [0, 0.05) is 30.8 Å². The fourth-order valence-electron chi connectivity index (χ4n) is 3.43. The van der Waals surface area contributed by atoms with Gasteiger partial charge in [-0.25, -0.2) is 21.6 Å². The molecule has 1 saturated heterocycles. The topological polar surface area (TPSA) is 92.3 Å². The third-order valence-electron chi connectivity index (χ3n) is 4.96. The van der Waals surface area contributed by atoms with Gasteiger partial charge in [-0.05, 0) is 43.2 Å². The van der Waals surface area contributed by atoms with Crippen LogP contribution in [0.2, 0.25) is 0 Å².